The molecule has 8 nitrogen and oxygen atoms in total. The number of methoxy groups -OCH3 is 1. The highest BCUT2D eigenvalue weighted by molar-refractivity contribution is 5.85. The van der Waals surface area contributed by atoms with Gasteiger partial charge in [0.05, 0.1) is 18.6 Å². The van der Waals surface area contributed by atoms with Gasteiger partial charge in [-0.15, -0.1) is 24.8 Å². The van der Waals surface area contributed by atoms with E-state index in [1.165, 1.54) is 0 Å². The summed E-state index contributed by atoms with van der Waals surface area (Å²) in [6, 6.07) is 0.0656. The largest absolute Gasteiger partial charge is 0.380 e. The summed E-state index contributed by atoms with van der Waals surface area (Å²) < 4.78 is 10.5. The van der Waals surface area contributed by atoms with Crippen LogP contribution < -0.4 is 5.73 Å². The van der Waals surface area contributed by atoms with Gasteiger partial charge in [0.25, 0.3) is 0 Å². The smallest absolute Gasteiger partial charge is 0.243 e. The first kappa shape index (κ1) is 24.1. The Morgan fingerprint density at radius 1 is 1.32 bits per heavy atom. The van der Waals surface area contributed by atoms with Crippen molar-refractivity contribution in [1.29, 1.82) is 0 Å². The zero-order valence-electron chi connectivity index (χ0n) is 15.0. The van der Waals surface area contributed by atoms with E-state index in [0.29, 0.717) is 31.9 Å². The van der Waals surface area contributed by atoms with E-state index in [0.717, 1.165) is 25.3 Å². The van der Waals surface area contributed by atoms with Crippen LogP contribution in [0.4, 0.5) is 0 Å². The third kappa shape index (κ3) is 6.38. The Morgan fingerprint density at radius 3 is 2.44 bits per heavy atom. The van der Waals surface area contributed by atoms with Crippen LogP contribution in [-0.2, 0) is 16.0 Å². The number of hydrogen-bond acceptors (Lipinski definition) is 7. The van der Waals surface area contributed by atoms with Gasteiger partial charge in [-0.05, 0) is 6.92 Å². The summed E-state index contributed by atoms with van der Waals surface area (Å²) in [5.74, 6) is 1.47. The Morgan fingerprint density at radius 2 is 1.96 bits per heavy atom. The molecule has 0 bridgehead atoms. The van der Waals surface area contributed by atoms with Crippen LogP contribution in [0.3, 0.4) is 0 Å². The molecule has 0 radical (unpaired) electrons. The predicted octanol–water partition coefficient (Wildman–Crippen LogP) is 1.04. The van der Waals surface area contributed by atoms with E-state index in [-0.39, 0.29) is 42.9 Å². The number of aryl methyl sites for hydroxylation is 1. The van der Waals surface area contributed by atoms with Crippen LogP contribution in [0.5, 0.6) is 0 Å². The molecule has 1 fully saturated rings. The molecular weight excluding hydrogens is 369 g/mol. The number of nitrogens with zero attached hydrogens (tertiary/aromatic N) is 4. The Kier molecular flexibility index (Phi) is 11.2. The van der Waals surface area contributed by atoms with E-state index in [4.69, 9.17) is 15.0 Å². The first-order chi connectivity index (χ1) is 11.1. The van der Waals surface area contributed by atoms with E-state index in [2.05, 4.69) is 22.0 Å². The summed E-state index contributed by atoms with van der Waals surface area (Å²) in [6.07, 6.45) is 0.900. The molecule has 1 aliphatic heterocycles. The molecule has 25 heavy (non-hydrogen) atoms. The number of rotatable bonds is 7. The highest BCUT2D eigenvalue weighted by atomic mass is 35.5. The number of ether oxygens (including phenoxy) is 1. The molecule has 2 heterocycles. The van der Waals surface area contributed by atoms with Gasteiger partial charge in [-0.2, -0.15) is 4.98 Å². The first-order valence-corrected chi connectivity index (χ1v) is 8.16. The van der Waals surface area contributed by atoms with Crippen LogP contribution in [0.15, 0.2) is 4.52 Å². The van der Waals surface area contributed by atoms with Crippen molar-refractivity contribution in [3.05, 3.63) is 11.7 Å². The number of piperazine rings is 1. The van der Waals surface area contributed by atoms with Crippen molar-refractivity contribution >= 4 is 30.7 Å². The lowest BCUT2D eigenvalue weighted by molar-refractivity contribution is -0.135. The molecule has 146 valence electrons. The second kappa shape index (κ2) is 11.6. The van der Waals surface area contributed by atoms with Crippen molar-refractivity contribution in [3.63, 3.8) is 0 Å². The molecule has 2 unspecified atom stereocenters. The Bertz CT molecular complexity index is 505. The third-order valence-corrected chi connectivity index (χ3v) is 4.37. The van der Waals surface area contributed by atoms with Crippen LogP contribution in [0.2, 0.25) is 0 Å². The second-order valence-corrected chi connectivity index (χ2v) is 5.79. The molecule has 1 saturated heterocycles. The van der Waals surface area contributed by atoms with Gasteiger partial charge < -0.3 is 19.9 Å². The highest BCUT2D eigenvalue weighted by Gasteiger charge is 2.28. The fourth-order valence-electron chi connectivity index (χ4n) is 2.68. The van der Waals surface area contributed by atoms with Crippen molar-refractivity contribution < 1.29 is 14.1 Å². The molecule has 10 heteroatoms. The summed E-state index contributed by atoms with van der Waals surface area (Å²) in [5.41, 5.74) is 5.57. The molecule has 0 spiro atoms. The number of nitrogens with two attached hydrogens (primary N) is 1. The number of halogens is 2. The van der Waals surface area contributed by atoms with E-state index < -0.39 is 0 Å². The lowest BCUT2D eigenvalue weighted by Gasteiger charge is -2.37. The summed E-state index contributed by atoms with van der Waals surface area (Å²) in [4.78, 5) is 20.8. The molecular formula is C15H29Cl2N5O3. The van der Waals surface area contributed by atoms with Gasteiger partial charge in [-0.1, -0.05) is 12.1 Å². The van der Waals surface area contributed by atoms with Gasteiger partial charge in [0.1, 0.15) is 0 Å². The summed E-state index contributed by atoms with van der Waals surface area (Å²) in [7, 11) is 1.58. The molecule has 2 rings (SSSR count). The van der Waals surface area contributed by atoms with Crippen molar-refractivity contribution in [1.82, 2.24) is 19.9 Å². The SMILES string of the molecule is CCc1noc(C(C)N2CCN(C(=O)CC(CN)OC)CC2)n1.Cl.Cl. The number of aromatic nitrogens is 2. The standard InChI is InChI=1S/C15H27N5O3.2ClH/c1-4-13-17-15(23-18-13)11(2)19-5-7-20(8-6-19)14(21)9-12(10-16)22-3;;/h11-12H,4-10,16H2,1-3H3;2*1H. The fourth-order valence-corrected chi connectivity index (χ4v) is 2.68. The molecule has 1 aromatic rings. The highest BCUT2D eigenvalue weighted by Crippen LogP contribution is 2.20. The van der Waals surface area contributed by atoms with Crippen molar-refractivity contribution in [2.75, 3.05) is 39.8 Å². The van der Waals surface area contributed by atoms with Gasteiger partial charge in [0, 0.05) is 46.3 Å². The minimum absolute atomic E-state index is 0. The zero-order valence-corrected chi connectivity index (χ0v) is 16.6. The third-order valence-electron chi connectivity index (χ3n) is 4.37. The molecule has 2 N–H and O–H groups in total. The molecule has 0 aliphatic carbocycles. The minimum Gasteiger partial charge on any atom is -0.380 e. The van der Waals surface area contributed by atoms with Crippen LogP contribution in [0, 0.1) is 0 Å². The molecule has 2 atom stereocenters. The van der Waals surface area contributed by atoms with Crippen molar-refractivity contribution in [2.24, 2.45) is 5.73 Å². The Labute approximate surface area is 161 Å². The first-order valence-electron chi connectivity index (χ1n) is 8.16. The summed E-state index contributed by atoms with van der Waals surface area (Å²) in [6.45, 7) is 7.38. The van der Waals surface area contributed by atoms with E-state index in [1.54, 1.807) is 7.11 Å². The van der Waals surface area contributed by atoms with Crippen molar-refractivity contribution in [2.45, 2.75) is 38.8 Å². The van der Waals surface area contributed by atoms with E-state index >= 15 is 0 Å². The Hall–Kier alpha value is -0.930. The Balaban J connectivity index is 0.00000288. The number of hydrogen-bond donors (Lipinski definition) is 1. The van der Waals surface area contributed by atoms with E-state index in [1.807, 2.05) is 11.8 Å². The maximum atomic E-state index is 12.2. The maximum absolute atomic E-state index is 12.2. The molecule has 1 aromatic heterocycles. The fraction of sp³-hybridized carbons (Fsp3) is 0.800. The van der Waals surface area contributed by atoms with Gasteiger partial charge in [0.15, 0.2) is 5.82 Å². The lowest BCUT2D eigenvalue weighted by Crippen LogP contribution is -2.50. The van der Waals surface area contributed by atoms with Gasteiger partial charge >= 0.3 is 0 Å². The number of carbonyl (C=O) groups excluding carboxylic acids is 1. The average Bonchev–Trinajstić information content (AvgIpc) is 3.08. The molecule has 1 amide bonds. The van der Waals surface area contributed by atoms with Crippen LogP contribution in [-0.4, -0.2) is 71.8 Å². The normalized spacial score (nSPS) is 17.4. The number of amides is 1. The summed E-state index contributed by atoms with van der Waals surface area (Å²) >= 11 is 0. The average molecular weight is 398 g/mol. The molecule has 0 saturated carbocycles. The van der Waals surface area contributed by atoms with Gasteiger partial charge in [-0.3, -0.25) is 9.69 Å². The van der Waals surface area contributed by atoms with Gasteiger partial charge in [-0.25, -0.2) is 0 Å². The quantitative estimate of drug-likeness (QED) is 0.733. The maximum Gasteiger partial charge on any atom is 0.243 e. The molecule has 0 aromatic carbocycles. The van der Waals surface area contributed by atoms with Crippen molar-refractivity contribution in [3.8, 4) is 0 Å². The van der Waals surface area contributed by atoms with Crippen LogP contribution in [0.25, 0.3) is 0 Å². The van der Waals surface area contributed by atoms with E-state index in [9.17, 15) is 4.79 Å². The van der Waals surface area contributed by atoms with Crippen LogP contribution >= 0.6 is 24.8 Å². The topological polar surface area (TPSA) is 97.7 Å². The number of carbonyl (C=O) groups is 1. The van der Waals surface area contributed by atoms with Gasteiger partial charge in [0.2, 0.25) is 11.8 Å². The second-order valence-electron chi connectivity index (χ2n) is 5.79. The molecule has 1 aliphatic rings. The predicted molar refractivity (Wildman–Crippen MR) is 99.2 cm³/mol. The zero-order chi connectivity index (χ0) is 16.8. The van der Waals surface area contributed by atoms with Crippen LogP contribution in [0.1, 0.15) is 38.0 Å². The minimum atomic E-state index is -0.203. The monoisotopic (exact) mass is 397 g/mol. The lowest BCUT2D eigenvalue weighted by atomic mass is 10.2. The summed E-state index contributed by atoms with van der Waals surface area (Å²) in [5, 5.41) is 3.94.